The van der Waals surface area contributed by atoms with Crippen molar-refractivity contribution < 1.29 is 9.53 Å². The molecule has 1 aliphatic rings. The molecular formula is C22H26ClNO2S. The van der Waals surface area contributed by atoms with Crippen LogP contribution in [0.5, 0.6) is 5.75 Å². The van der Waals surface area contributed by atoms with Crippen LogP contribution in [-0.4, -0.2) is 24.3 Å². The summed E-state index contributed by atoms with van der Waals surface area (Å²) in [6.45, 7) is 2.58. The maximum atomic E-state index is 12.5. The first-order valence-electron chi connectivity index (χ1n) is 9.60. The van der Waals surface area contributed by atoms with Crippen molar-refractivity contribution in [3.05, 3.63) is 58.6 Å². The minimum Gasteiger partial charge on any atom is -0.481 e. The third-order valence-corrected chi connectivity index (χ3v) is 6.01. The number of fused-ring (bicyclic) bond motifs is 1. The van der Waals surface area contributed by atoms with Crippen molar-refractivity contribution in [3.8, 4) is 5.75 Å². The number of carbonyl (C=O) groups is 1. The Balaban J connectivity index is 1.46. The normalized spacial score (nSPS) is 14.3. The zero-order valence-electron chi connectivity index (χ0n) is 15.7. The largest absolute Gasteiger partial charge is 0.481 e. The molecule has 0 heterocycles. The van der Waals surface area contributed by atoms with Crippen molar-refractivity contribution in [2.45, 2.75) is 50.0 Å². The van der Waals surface area contributed by atoms with Gasteiger partial charge in [-0.05, 0) is 79.6 Å². The summed E-state index contributed by atoms with van der Waals surface area (Å²) < 4.78 is 5.99. The Labute approximate surface area is 170 Å². The highest BCUT2D eigenvalue weighted by Gasteiger charge is 2.19. The van der Waals surface area contributed by atoms with E-state index in [2.05, 4.69) is 17.4 Å². The molecule has 0 fully saturated rings. The smallest absolute Gasteiger partial charge is 0.261 e. The SMILES string of the molecule is CC[C@@H](Oc1ccc2c(c1)CCCC2)C(=O)NCCSc1ccc(Cl)cc1. The minimum atomic E-state index is -0.452. The molecule has 0 saturated carbocycles. The summed E-state index contributed by atoms with van der Waals surface area (Å²) >= 11 is 7.59. The van der Waals surface area contributed by atoms with Gasteiger partial charge in [-0.2, -0.15) is 0 Å². The predicted molar refractivity (Wildman–Crippen MR) is 113 cm³/mol. The molecule has 0 bridgehead atoms. The van der Waals surface area contributed by atoms with E-state index in [-0.39, 0.29) is 5.91 Å². The van der Waals surface area contributed by atoms with E-state index in [0.29, 0.717) is 13.0 Å². The molecule has 2 aromatic carbocycles. The van der Waals surface area contributed by atoms with Gasteiger partial charge in [0, 0.05) is 22.2 Å². The number of hydrogen-bond donors (Lipinski definition) is 1. The van der Waals surface area contributed by atoms with Crippen LogP contribution in [0.4, 0.5) is 0 Å². The number of benzene rings is 2. The number of amides is 1. The third-order valence-electron chi connectivity index (χ3n) is 4.75. The van der Waals surface area contributed by atoms with Gasteiger partial charge >= 0.3 is 0 Å². The van der Waals surface area contributed by atoms with E-state index >= 15 is 0 Å². The lowest BCUT2D eigenvalue weighted by molar-refractivity contribution is -0.127. The zero-order valence-corrected chi connectivity index (χ0v) is 17.2. The molecule has 144 valence electrons. The highest BCUT2D eigenvalue weighted by atomic mass is 35.5. The van der Waals surface area contributed by atoms with Crippen LogP contribution >= 0.6 is 23.4 Å². The van der Waals surface area contributed by atoms with Crippen molar-refractivity contribution in [1.29, 1.82) is 0 Å². The summed E-state index contributed by atoms with van der Waals surface area (Å²) in [5, 5.41) is 3.72. The second-order valence-electron chi connectivity index (χ2n) is 6.75. The summed E-state index contributed by atoms with van der Waals surface area (Å²) in [4.78, 5) is 13.6. The van der Waals surface area contributed by atoms with Gasteiger partial charge in [-0.25, -0.2) is 0 Å². The average Bonchev–Trinajstić information content (AvgIpc) is 2.70. The molecule has 0 aromatic heterocycles. The van der Waals surface area contributed by atoms with Crippen LogP contribution in [-0.2, 0) is 17.6 Å². The quantitative estimate of drug-likeness (QED) is 0.481. The third kappa shape index (κ3) is 5.91. The molecule has 1 amide bonds. The van der Waals surface area contributed by atoms with Crippen LogP contribution in [0.1, 0.15) is 37.3 Å². The highest BCUT2D eigenvalue weighted by Crippen LogP contribution is 2.26. The molecule has 5 heteroatoms. The standard InChI is InChI=1S/C22H26ClNO2S/c1-2-21(26-19-10-7-16-5-3-4-6-17(16)15-19)22(25)24-13-14-27-20-11-8-18(23)9-12-20/h7-12,15,21H,2-6,13-14H2,1H3,(H,24,25)/t21-/m1/s1. The Bertz CT molecular complexity index is 763. The maximum absolute atomic E-state index is 12.5. The minimum absolute atomic E-state index is 0.0491. The number of halogens is 1. The molecule has 1 aliphatic carbocycles. The van der Waals surface area contributed by atoms with Gasteiger partial charge in [-0.15, -0.1) is 11.8 Å². The Morgan fingerprint density at radius 3 is 2.63 bits per heavy atom. The molecule has 27 heavy (non-hydrogen) atoms. The monoisotopic (exact) mass is 403 g/mol. The first kappa shape index (κ1) is 20.1. The molecule has 0 saturated heterocycles. The van der Waals surface area contributed by atoms with E-state index < -0.39 is 6.10 Å². The lowest BCUT2D eigenvalue weighted by atomic mass is 9.92. The lowest BCUT2D eigenvalue weighted by Crippen LogP contribution is -2.39. The van der Waals surface area contributed by atoms with Crippen molar-refractivity contribution in [3.63, 3.8) is 0 Å². The summed E-state index contributed by atoms with van der Waals surface area (Å²) in [5.74, 6) is 1.56. The predicted octanol–water partition coefficient (Wildman–Crippen LogP) is 5.28. The Hall–Kier alpha value is -1.65. The van der Waals surface area contributed by atoms with Crippen LogP contribution in [0.25, 0.3) is 0 Å². The molecule has 0 radical (unpaired) electrons. The van der Waals surface area contributed by atoms with E-state index in [9.17, 15) is 4.79 Å². The Kier molecular flexibility index (Phi) is 7.48. The number of rotatable bonds is 8. The van der Waals surface area contributed by atoms with Gasteiger partial charge in [-0.3, -0.25) is 4.79 Å². The van der Waals surface area contributed by atoms with Gasteiger partial charge in [0.25, 0.3) is 5.91 Å². The van der Waals surface area contributed by atoms with E-state index in [0.717, 1.165) is 34.3 Å². The molecule has 3 nitrogen and oxygen atoms in total. The highest BCUT2D eigenvalue weighted by molar-refractivity contribution is 7.99. The fraction of sp³-hybridized carbons (Fsp3) is 0.409. The number of ether oxygens (including phenoxy) is 1. The molecule has 2 aromatic rings. The van der Waals surface area contributed by atoms with Crippen LogP contribution in [0, 0.1) is 0 Å². The van der Waals surface area contributed by atoms with Gasteiger partial charge in [0.05, 0.1) is 0 Å². The molecule has 1 atom stereocenters. The zero-order chi connectivity index (χ0) is 19.1. The van der Waals surface area contributed by atoms with Crippen molar-refractivity contribution >= 4 is 29.3 Å². The van der Waals surface area contributed by atoms with Crippen molar-refractivity contribution in [1.82, 2.24) is 5.32 Å². The summed E-state index contributed by atoms with van der Waals surface area (Å²) in [5.41, 5.74) is 2.79. The van der Waals surface area contributed by atoms with Gasteiger partial charge < -0.3 is 10.1 Å². The molecule has 0 unspecified atom stereocenters. The van der Waals surface area contributed by atoms with E-state index in [1.54, 1.807) is 11.8 Å². The van der Waals surface area contributed by atoms with Gasteiger partial charge in [0.2, 0.25) is 0 Å². The van der Waals surface area contributed by atoms with Gasteiger partial charge in [0.15, 0.2) is 6.10 Å². The van der Waals surface area contributed by atoms with Crippen LogP contribution < -0.4 is 10.1 Å². The van der Waals surface area contributed by atoms with Crippen LogP contribution in [0.2, 0.25) is 5.02 Å². The second-order valence-corrected chi connectivity index (χ2v) is 8.35. The van der Waals surface area contributed by atoms with Crippen LogP contribution in [0.3, 0.4) is 0 Å². The fourth-order valence-electron chi connectivity index (χ4n) is 3.26. The number of thioether (sulfide) groups is 1. The Morgan fingerprint density at radius 2 is 1.89 bits per heavy atom. The maximum Gasteiger partial charge on any atom is 0.261 e. The van der Waals surface area contributed by atoms with Crippen molar-refractivity contribution in [2.75, 3.05) is 12.3 Å². The molecular weight excluding hydrogens is 378 g/mol. The number of nitrogens with one attached hydrogen (secondary N) is 1. The summed E-state index contributed by atoms with van der Waals surface area (Å²) in [6.07, 6.45) is 4.95. The van der Waals surface area contributed by atoms with Gasteiger partial charge in [-0.1, -0.05) is 24.6 Å². The van der Waals surface area contributed by atoms with E-state index in [4.69, 9.17) is 16.3 Å². The van der Waals surface area contributed by atoms with Crippen LogP contribution in [0.15, 0.2) is 47.4 Å². The first-order valence-corrected chi connectivity index (χ1v) is 11.0. The summed E-state index contributed by atoms with van der Waals surface area (Å²) in [7, 11) is 0. The fourth-order valence-corrected chi connectivity index (χ4v) is 4.15. The first-order chi connectivity index (χ1) is 13.2. The number of hydrogen-bond acceptors (Lipinski definition) is 3. The molecule has 0 aliphatic heterocycles. The second kappa shape index (κ2) is 10.0. The lowest BCUT2D eigenvalue weighted by Gasteiger charge is -2.20. The van der Waals surface area contributed by atoms with Gasteiger partial charge in [0.1, 0.15) is 5.75 Å². The topological polar surface area (TPSA) is 38.3 Å². The molecule has 3 rings (SSSR count). The van der Waals surface area contributed by atoms with E-state index in [1.807, 2.05) is 37.3 Å². The molecule has 1 N–H and O–H groups in total. The molecule has 0 spiro atoms. The number of carbonyl (C=O) groups excluding carboxylic acids is 1. The van der Waals surface area contributed by atoms with E-state index in [1.165, 1.54) is 24.0 Å². The summed E-state index contributed by atoms with van der Waals surface area (Å²) in [6, 6.07) is 14.0. The average molecular weight is 404 g/mol. The van der Waals surface area contributed by atoms with Crippen molar-refractivity contribution in [2.24, 2.45) is 0 Å². The number of aryl methyl sites for hydroxylation is 2. The Morgan fingerprint density at radius 1 is 1.15 bits per heavy atom.